The second-order valence-electron chi connectivity index (χ2n) is 7.31. The molecule has 3 unspecified atom stereocenters. The predicted octanol–water partition coefficient (Wildman–Crippen LogP) is 5.61. The van der Waals surface area contributed by atoms with Crippen molar-refractivity contribution < 1.29 is 0 Å². The van der Waals surface area contributed by atoms with Crippen molar-refractivity contribution in [3.63, 3.8) is 0 Å². The van der Waals surface area contributed by atoms with Crippen molar-refractivity contribution in [2.45, 2.75) is 59.3 Å². The molecule has 0 nitrogen and oxygen atoms in total. The monoisotopic (exact) mass is 346 g/mol. The molecule has 3 atom stereocenters. The highest BCUT2D eigenvalue weighted by molar-refractivity contribution is 14.1. The normalized spacial score (nSPS) is 38.9. The number of hydrogen-bond acceptors (Lipinski definition) is 0. The summed E-state index contributed by atoms with van der Waals surface area (Å²) in [4.78, 5) is 0. The third kappa shape index (κ3) is 2.59. The van der Waals surface area contributed by atoms with Gasteiger partial charge in [-0.25, -0.2) is 0 Å². The molecule has 0 heterocycles. The minimum Gasteiger partial charge on any atom is -0.0996 e. The summed E-state index contributed by atoms with van der Waals surface area (Å²) in [6, 6.07) is 0. The van der Waals surface area contributed by atoms with Crippen LogP contribution in [0.25, 0.3) is 0 Å². The lowest BCUT2D eigenvalue weighted by Gasteiger charge is -2.51. The van der Waals surface area contributed by atoms with Crippen LogP contribution in [0.4, 0.5) is 0 Å². The van der Waals surface area contributed by atoms with Gasteiger partial charge >= 0.3 is 0 Å². The topological polar surface area (TPSA) is 0 Å². The fourth-order valence-electron chi connectivity index (χ4n) is 4.04. The Kier molecular flexibility index (Phi) is 3.97. The average Bonchev–Trinajstić information content (AvgIpc) is 2.28. The molecular formula is C16H27I. The Morgan fingerprint density at radius 1 is 1.41 bits per heavy atom. The van der Waals surface area contributed by atoms with Crippen molar-refractivity contribution in [2.24, 2.45) is 22.7 Å². The maximum Gasteiger partial charge on any atom is 0.00493 e. The van der Waals surface area contributed by atoms with E-state index in [1.165, 1.54) is 43.0 Å². The van der Waals surface area contributed by atoms with Crippen molar-refractivity contribution in [3.05, 3.63) is 12.2 Å². The molecule has 0 bridgehead atoms. The highest BCUT2D eigenvalue weighted by Gasteiger charge is 2.45. The lowest BCUT2D eigenvalue weighted by Crippen LogP contribution is -2.42. The predicted molar refractivity (Wildman–Crippen MR) is 84.6 cm³/mol. The van der Waals surface area contributed by atoms with Crippen LogP contribution < -0.4 is 0 Å². The zero-order chi connectivity index (χ0) is 12.7. The van der Waals surface area contributed by atoms with Crippen molar-refractivity contribution in [2.75, 3.05) is 4.43 Å². The van der Waals surface area contributed by atoms with Gasteiger partial charge in [-0.05, 0) is 61.2 Å². The molecule has 17 heavy (non-hydrogen) atoms. The minimum atomic E-state index is 0.514. The fourth-order valence-corrected chi connectivity index (χ4v) is 4.66. The minimum absolute atomic E-state index is 0.514. The molecule has 2 aliphatic carbocycles. The summed E-state index contributed by atoms with van der Waals surface area (Å²) in [5.41, 5.74) is 2.67. The summed E-state index contributed by atoms with van der Waals surface area (Å²) in [6.07, 6.45) is 8.39. The van der Waals surface area contributed by atoms with E-state index >= 15 is 0 Å². The Hall–Kier alpha value is 0.470. The second-order valence-corrected chi connectivity index (χ2v) is 8.07. The quantitative estimate of drug-likeness (QED) is 0.346. The molecule has 0 N–H and O–H groups in total. The summed E-state index contributed by atoms with van der Waals surface area (Å²) in [5.74, 6) is 1.73. The van der Waals surface area contributed by atoms with Crippen LogP contribution in [0.3, 0.4) is 0 Å². The number of hydrogen-bond donors (Lipinski definition) is 0. The van der Waals surface area contributed by atoms with Gasteiger partial charge in [-0.3, -0.25) is 0 Å². The molecule has 2 saturated carbocycles. The van der Waals surface area contributed by atoms with E-state index in [2.05, 4.69) is 49.9 Å². The molecule has 0 amide bonds. The number of halogens is 1. The lowest BCUT2D eigenvalue weighted by atomic mass is 9.54. The maximum atomic E-state index is 4.38. The van der Waals surface area contributed by atoms with Gasteiger partial charge in [-0.15, -0.1) is 0 Å². The van der Waals surface area contributed by atoms with Gasteiger partial charge in [0.25, 0.3) is 0 Å². The molecule has 2 rings (SSSR count). The molecule has 0 aliphatic heterocycles. The van der Waals surface area contributed by atoms with Gasteiger partial charge in [-0.1, -0.05) is 55.5 Å². The van der Waals surface area contributed by atoms with E-state index < -0.39 is 0 Å². The summed E-state index contributed by atoms with van der Waals surface area (Å²) >= 11 is 2.57. The molecule has 0 radical (unpaired) electrons. The Balaban J connectivity index is 2.14. The van der Waals surface area contributed by atoms with E-state index in [1.807, 2.05) is 0 Å². The first-order valence-corrected chi connectivity index (χ1v) is 8.65. The van der Waals surface area contributed by atoms with Crippen LogP contribution in [0, 0.1) is 22.7 Å². The Bertz CT molecular complexity index is 305. The Morgan fingerprint density at radius 2 is 2.12 bits per heavy atom. The maximum absolute atomic E-state index is 4.38. The van der Waals surface area contributed by atoms with E-state index in [1.54, 1.807) is 5.57 Å². The first kappa shape index (κ1) is 13.9. The van der Waals surface area contributed by atoms with Gasteiger partial charge in [0.1, 0.15) is 0 Å². The third-order valence-electron chi connectivity index (χ3n) is 5.61. The van der Waals surface area contributed by atoms with E-state index in [9.17, 15) is 0 Å². The van der Waals surface area contributed by atoms with Crippen molar-refractivity contribution in [1.29, 1.82) is 0 Å². The lowest BCUT2D eigenvalue weighted by molar-refractivity contribution is 0.0356. The molecule has 0 aromatic rings. The average molecular weight is 346 g/mol. The molecule has 98 valence electrons. The number of alkyl halides is 1. The van der Waals surface area contributed by atoms with Gasteiger partial charge in [-0.2, -0.15) is 0 Å². The number of rotatable bonds is 2. The third-order valence-corrected chi connectivity index (χ3v) is 7.58. The van der Waals surface area contributed by atoms with Crippen LogP contribution in [0.5, 0.6) is 0 Å². The standard InChI is InChI=1S/C16H27I/c1-12-6-5-8-16(4)9-7-13(10-14(12)16)15(2,3)11-17/h13-14H,1,5-11H2,2-4H3. The zero-order valence-corrected chi connectivity index (χ0v) is 13.8. The number of fused-ring (bicyclic) bond motifs is 1. The van der Waals surface area contributed by atoms with Crippen molar-refractivity contribution >= 4 is 22.6 Å². The van der Waals surface area contributed by atoms with E-state index in [0.29, 0.717) is 10.8 Å². The van der Waals surface area contributed by atoms with Crippen LogP contribution in [0.1, 0.15) is 59.3 Å². The Labute approximate surface area is 121 Å². The summed E-state index contributed by atoms with van der Waals surface area (Å²) < 4.78 is 1.28. The summed E-state index contributed by atoms with van der Waals surface area (Å²) in [6.45, 7) is 11.8. The number of allylic oxidation sites excluding steroid dienone is 1. The first-order valence-electron chi connectivity index (χ1n) is 7.13. The highest BCUT2D eigenvalue weighted by atomic mass is 127. The summed E-state index contributed by atoms with van der Waals surface area (Å²) in [5, 5.41) is 0. The molecule has 1 heteroatoms. The van der Waals surface area contributed by atoms with Crippen molar-refractivity contribution in [3.8, 4) is 0 Å². The largest absolute Gasteiger partial charge is 0.0996 e. The molecule has 2 fully saturated rings. The zero-order valence-electron chi connectivity index (χ0n) is 11.7. The van der Waals surface area contributed by atoms with Gasteiger partial charge in [0.15, 0.2) is 0 Å². The summed E-state index contributed by atoms with van der Waals surface area (Å²) in [7, 11) is 0. The van der Waals surface area contributed by atoms with Gasteiger partial charge < -0.3 is 0 Å². The van der Waals surface area contributed by atoms with Gasteiger partial charge in [0.05, 0.1) is 0 Å². The van der Waals surface area contributed by atoms with Crippen LogP contribution in [0.15, 0.2) is 12.2 Å². The first-order chi connectivity index (χ1) is 7.89. The van der Waals surface area contributed by atoms with Gasteiger partial charge in [0.2, 0.25) is 0 Å². The van der Waals surface area contributed by atoms with Crippen molar-refractivity contribution in [1.82, 2.24) is 0 Å². The van der Waals surface area contributed by atoms with Crippen LogP contribution in [-0.4, -0.2) is 4.43 Å². The van der Waals surface area contributed by atoms with E-state index in [4.69, 9.17) is 0 Å². The SMILES string of the molecule is C=C1CCCC2(C)CCC(C(C)(C)CI)CC12. The van der Waals surface area contributed by atoms with E-state index in [-0.39, 0.29) is 0 Å². The van der Waals surface area contributed by atoms with Crippen LogP contribution in [0.2, 0.25) is 0 Å². The molecule has 0 spiro atoms. The molecular weight excluding hydrogens is 319 g/mol. The fraction of sp³-hybridized carbons (Fsp3) is 0.875. The van der Waals surface area contributed by atoms with Crippen LogP contribution >= 0.6 is 22.6 Å². The van der Waals surface area contributed by atoms with Gasteiger partial charge in [0, 0.05) is 4.43 Å². The molecule has 0 saturated heterocycles. The Morgan fingerprint density at radius 3 is 2.76 bits per heavy atom. The van der Waals surface area contributed by atoms with E-state index in [0.717, 1.165) is 11.8 Å². The highest BCUT2D eigenvalue weighted by Crippen LogP contribution is 2.56. The van der Waals surface area contributed by atoms with Crippen LogP contribution in [-0.2, 0) is 0 Å². The molecule has 2 aliphatic rings. The smallest absolute Gasteiger partial charge is 0.00493 e. The second kappa shape index (κ2) is 4.86. The molecule has 0 aromatic carbocycles. The molecule has 0 aromatic heterocycles.